The van der Waals surface area contributed by atoms with E-state index in [0.29, 0.717) is 32.8 Å². The van der Waals surface area contributed by atoms with Gasteiger partial charge < -0.3 is 24.4 Å². The molecule has 0 aromatic heterocycles. The highest BCUT2D eigenvalue weighted by Crippen LogP contribution is 2.11. The maximum Gasteiger partial charge on any atom is 0.407 e. The van der Waals surface area contributed by atoms with E-state index in [9.17, 15) is 9.59 Å². The Morgan fingerprint density at radius 3 is 1.78 bits per heavy atom. The second-order valence-corrected chi connectivity index (χ2v) is 12.7. The zero-order valence-electron chi connectivity index (χ0n) is 30.0. The molecule has 45 heavy (non-hydrogen) atoms. The predicted octanol–water partition coefficient (Wildman–Crippen LogP) is 9.94. The van der Waals surface area contributed by atoms with Crippen LogP contribution in [-0.4, -0.2) is 70.1 Å². The minimum absolute atomic E-state index is 0.0971. The predicted molar refractivity (Wildman–Crippen MR) is 190 cm³/mol. The molecule has 0 aliphatic heterocycles. The van der Waals surface area contributed by atoms with Crippen LogP contribution in [0, 0.1) is 0 Å². The molecule has 0 bridgehead atoms. The van der Waals surface area contributed by atoms with Crippen LogP contribution in [0.25, 0.3) is 0 Å². The van der Waals surface area contributed by atoms with Crippen molar-refractivity contribution < 1.29 is 23.8 Å². The second kappa shape index (κ2) is 35.0. The summed E-state index contributed by atoms with van der Waals surface area (Å²) in [5.41, 5.74) is 0. The van der Waals surface area contributed by atoms with Crippen molar-refractivity contribution >= 4 is 12.1 Å². The molecule has 0 spiro atoms. The molecule has 0 fully saturated rings. The Bertz CT molecular complexity index is 710. The molecule has 1 N–H and O–H groups in total. The maximum atomic E-state index is 12.4. The zero-order valence-corrected chi connectivity index (χ0v) is 30.0. The van der Waals surface area contributed by atoms with Crippen LogP contribution in [0.2, 0.25) is 0 Å². The van der Waals surface area contributed by atoms with Crippen LogP contribution in [0.5, 0.6) is 0 Å². The topological polar surface area (TPSA) is 77.1 Å². The number of nitrogens with one attached hydrogen (secondary N) is 1. The van der Waals surface area contributed by atoms with E-state index in [4.69, 9.17) is 14.2 Å². The van der Waals surface area contributed by atoms with Gasteiger partial charge in [0.25, 0.3) is 0 Å². The third-order valence-electron chi connectivity index (χ3n) is 7.83. The lowest BCUT2D eigenvalue weighted by Gasteiger charge is -2.19. The van der Waals surface area contributed by atoms with E-state index in [1.165, 1.54) is 89.9 Å². The molecule has 1 unspecified atom stereocenters. The van der Waals surface area contributed by atoms with Crippen molar-refractivity contribution in [3.8, 4) is 0 Å². The van der Waals surface area contributed by atoms with Crippen molar-refractivity contribution in [1.29, 1.82) is 0 Å². The van der Waals surface area contributed by atoms with Gasteiger partial charge in [-0.15, -0.1) is 0 Å². The Balaban J connectivity index is 4.07. The molecule has 1 amide bonds. The number of likely N-dealkylation sites (N-methyl/N-ethyl adjacent to an activating group) is 1. The van der Waals surface area contributed by atoms with Gasteiger partial charge >= 0.3 is 12.1 Å². The fourth-order valence-corrected chi connectivity index (χ4v) is 4.92. The lowest BCUT2D eigenvalue weighted by molar-refractivity contribution is -0.145. The third-order valence-corrected chi connectivity index (χ3v) is 7.83. The number of hydrogen-bond acceptors (Lipinski definition) is 6. The number of rotatable bonds is 33. The summed E-state index contributed by atoms with van der Waals surface area (Å²) in [5.74, 6) is -0.219. The van der Waals surface area contributed by atoms with Gasteiger partial charge in [-0.1, -0.05) is 128 Å². The fraction of sp³-hybridized carbons (Fsp3) is 0.842. The van der Waals surface area contributed by atoms with Gasteiger partial charge in [0.05, 0.1) is 12.6 Å². The van der Waals surface area contributed by atoms with Crippen LogP contribution in [0.15, 0.2) is 24.3 Å². The molecule has 7 nitrogen and oxygen atoms in total. The van der Waals surface area contributed by atoms with Gasteiger partial charge in [-0.05, 0) is 59.0 Å². The van der Waals surface area contributed by atoms with Crippen LogP contribution >= 0.6 is 0 Å². The molecule has 0 rings (SSSR count). The number of esters is 1. The monoisotopic (exact) mass is 637 g/mol. The second-order valence-electron chi connectivity index (χ2n) is 12.7. The van der Waals surface area contributed by atoms with Crippen LogP contribution in [0.3, 0.4) is 0 Å². The van der Waals surface area contributed by atoms with E-state index in [-0.39, 0.29) is 12.6 Å². The Morgan fingerprint density at radius 1 is 0.622 bits per heavy atom. The Morgan fingerprint density at radius 2 is 1.16 bits per heavy atom. The SMILES string of the molecule is CCCCC/C=C\C/C=C\CCCCCCCC(=O)OCC(COCCCCCCCCCCCC)NC(=O)OCCN(C)C. The van der Waals surface area contributed by atoms with E-state index in [0.717, 1.165) is 44.9 Å². The fourth-order valence-electron chi connectivity index (χ4n) is 4.92. The van der Waals surface area contributed by atoms with E-state index < -0.39 is 12.1 Å². The quantitative estimate of drug-likeness (QED) is 0.0439. The minimum atomic E-state index is -0.505. The standard InChI is InChI=1S/C38H72N2O5/c1-5-7-9-11-13-15-17-18-19-20-21-22-24-26-28-30-37(41)45-35-36(39-38(42)44-33-31-40(3)4)34-43-32-29-27-25-23-16-14-12-10-8-6-2/h13,15,18-19,36H,5-12,14,16-17,20-35H2,1-4H3,(H,39,42)/b15-13-,19-18-. The largest absolute Gasteiger partial charge is 0.463 e. The molecule has 1 atom stereocenters. The first kappa shape index (κ1) is 43.1. The normalized spacial score (nSPS) is 12.4. The molecule has 0 radical (unpaired) electrons. The zero-order chi connectivity index (χ0) is 33.1. The Kier molecular flexibility index (Phi) is 33.6. The number of ether oxygens (including phenoxy) is 3. The van der Waals surface area contributed by atoms with Crippen LogP contribution in [-0.2, 0) is 19.0 Å². The first-order valence-electron chi connectivity index (χ1n) is 18.6. The van der Waals surface area contributed by atoms with E-state index in [1.54, 1.807) is 0 Å². The van der Waals surface area contributed by atoms with Crippen molar-refractivity contribution in [2.45, 2.75) is 161 Å². The molecule has 0 heterocycles. The molecule has 264 valence electrons. The number of alkyl carbamates (subject to hydrolysis) is 1. The number of nitrogens with zero attached hydrogens (tertiary/aromatic N) is 1. The van der Waals surface area contributed by atoms with Gasteiger partial charge in [0.2, 0.25) is 0 Å². The van der Waals surface area contributed by atoms with Crippen LogP contribution in [0.4, 0.5) is 4.79 Å². The average Bonchev–Trinajstić information content (AvgIpc) is 3.01. The smallest absolute Gasteiger partial charge is 0.407 e. The summed E-state index contributed by atoms with van der Waals surface area (Å²) < 4.78 is 16.6. The Hall–Kier alpha value is -1.86. The molecular formula is C38H72N2O5. The number of unbranched alkanes of at least 4 members (excludes halogenated alkanes) is 17. The number of carbonyl (C=O) groups is 2. The Labute approximate surface area is 278 Å². The summed E-state index contributed by atoms with van der Waals surface area (Å²) in [6.07, 6.45) is 34.4. The number of amides is 1. The number of hydrogen-bond donors (Lipinski definition) is 1. The minimum Gasteiger partial charge on any atom is -0.463 e. The lowest BCUT2D eigenvalue weighted by atomic mass is 10.1. The molecule has 0 aliphatic rings. The van der Waals surface area contributed by atoms with E-state index in [2.05, 4.69) is 43.5 Å². The van der Waals surface area contributed by atoms with E-state index >= 15 is 0 Å². The maximum absolute atomic E-state index is 12.4. The summed E-state index contributed by atoms with van der Waals surface area (Å²) in [6.45, 7) is 6.49. The number of carbonyl (C=O) groups excluding carboxylic acids is 2. The van der Waals surface area contributed by atoms with Gasteiger partial charge in [-0.3, -0.25) is 4.79 Å². The van der Waals surface area contributed by atoms with Gasteiger partial charge in [-0.2, -0.15) is 0 Å². The van der Waals surface area contributed by atoms with Crippen LogP contribution < -0.4 is 5.32 Å². The van der Waals surface area contributed by atoms with Crippen molar-refractivity contribution in [1.82, 2.24) is 10.2 Å². The summed E-state index contributed by atoms with van der Waals surface area (Å²) >= 11 is 0. The van der Waals surface area contributed by atoms with E-state index in [1.807, 2.05) is 19.0 Å². The first-order chi connectivity index (χ1) is 22.0. The van der Waals surface area contributed by atoms with Crippen molar-refractivity contribution in [3.63, 3.8) is 0 Å². The van der Waals surface area contributed by atoms with Crippen molar-refractivity contribution in [2.75, 3.05) is 47.1 Å². The van der Waals surface area contributed by atoms with Crippen molar-refractivity contribution in [2.24, 2.45) is 0 Å². The van der Waals surface area contributed by atoms with Crippen LogP contribution in [0.1, 0.15) is 155 Å². The molecule has 7 heteroatoms. The number of allylic oxidation sites excluding steroid dienone is 4. The lowest BCUT2D eigenvalue weighted by Crippen LogP contribution is -2.43. The van der Waals surface area contributed by atoms with Gasteiger partial charge in [0, 0.05) is 19.6 Å². The van der Waals surface area contributed by atoms with Gasteiger partial charge in [-0.25, -0.2) is 4.79 Å². The summed E-state index contributed by atoms with van der Waals surface area (Å²) in [4.78, 5) is 26.6. The highest BCUT2D eigenvalue weighted by Gasteiger charge is 2.16. The molecule has 0 aliphatic carbocycles. The highest BCUT2D eigenvalue weighted by atomic mass is 16.6. The molecule has 0 saturated heterocycles. The van der Waals surface area contributed by atoms with Gasteiger partial charge in [0.1, 0.15) is 13.2 Å². The molecule has 0 saturated carbocycles. The average molecular weight is 637 g/mol. The highest BCUT2D eigenvalue weighted by molar-refractivity contribution is 5.69. The van der Waals surface area contributed by atoms with Gasteiger partial charge in [0.15, 0.2) is 0 Å². The first-order valence-corrected chi connectivity index (χ1v) is 18.6. The molecule has 0 aromatic rings. The molecular weight excluding hydrogens is 564 g/mol. The summed E-state index contributed by atoms with van der Waals surface area (Å²) in [7, 11) is 3.86. The third kappa shape index (κ3) is 34.8. The summed E-state index contributed by atoms with van der Waals surface area (Å²) in [6, 6.07) is -0.423. The molecule has 0 aromatic carbocycles. The summed E-state index contributed by atoms with van der Waals surface area (Å²) in [5, 5.41) is 2.82. The van der Waals surface area contributed by atoms with Crippen molar-refractivity contribution in [3.05, 3.63) is 24.3 Å².